The van der Waals surface area contributed by atoms with Gasteiger partial charge >= 0.3 is 0 Å². The van der Waals surface area contributed by atoms with E-state index in [1.165, 1.54) is 0 Å². The van der Waals surface area contributed by atoms with Crippen LogP contribution in [0.15, 0.2) is 12.1 Å². The fourth-order valence-corrected chi connectivity index (χ4v) is 1.34. The summed E-state index contributed by atoms with van der Waals surface area (Å²) in [5.41, 5.74) is 1.05. The molecule has 0 fully saturated rings. The summed E-state index contributed by atoms with van der Waals surface area (Å²) in [5.74, 6) is 0.162. The molecule has 14 heavy (non-hydrogen) atoms. The molecule has 1 rings (SSSR count). The van der Waals surface area contributed by atoms with Gasteiger partial charge in [-0.15, -0.1) is 0 Å². The van der Waals surface area contributed by atoms with Crippen LogP contribution in [0.1, 0.15) is 24.0 Å². The molecule has 0 heterocycles. The number of rotatable bonds is 3. The summed E-state index contributed by atoms with van der Waals surface area (Å²) >= 11 is 0. The van der Waals surface area contributed by atoms with Gasteiger partial charge < -0.3 is 9.84 Å². The number of benzene rings is 1. The Morgan fingerprint density at radius 1 is 1.50 bits per heavy atom. The number of aliphatic hydroxyl groups excluding tert-OH is 1. The van der Waals surface area contributed by atoms with E-state index < -0.39 is 0 Å². The molecular weight excluding hydrogens is 183 g/mol. The fourth-order valence-electron chi connectivity index (χ4n) is 1.34. The van der Waals surface area contributed by atoms with Crippen LogP contribution in [0.2, 0.25) is 0 Å². The van der Waals surface area contributed by atoms with E-state index in [0.717, 1.165) is 0 Å². The molecule has 3 heteroatoms. The van der Waals surface area contributed by atoms with Crippen molar-refractivity contribution >= 4 is 0 Å². The third-order valence-electron chi connectivity index (χ3n) is 2.30. The Morgan fingerprint density at radius 3 is 2.64 bits per heavy atom. The van der Waals surface area contributed by atoms with Gasteiger partial charge in [0.05, 0.1) is 7.11 Å². The zero-order valence-corrected chi connectivity index (χ0v) is 8.67. The van der Waals surface area contributed by atoms with E-state index in [1.54, 1.807) is 33.1 Å². The van der Waals surface area contributed by atoms with Crippen molar-refractivity contribution in [3.8, 4) is 5.75 Å². The Labute approximate surface area is 83.3 Å². The molecule has 1 unspecified atom stereocenters. The average Bonchev–Trinajstić information content (AvgIpc) is 2.20. The Bertz CT molecular complexity index is 323. The summed E-state index contributed by atoms with van der Waals surface area (Å²) in [6.07, 6.45) is 0. The van der Waals surface area contributed by atoms with Crippen molar-refractivity contribution in [1.29, 1.82) is 0 Å². The van der Waals surface area contributed by atoms with E-state index in [-0.39, 0.29) is 18.3 Å². The second-order valence-corrected chi connectivity index (χ2v) is 3.43. The van der Waals surface area contributed by atoms with Crippen molar-refractivity contribution in [2.75, 3.05) is 13.7 Å². The Kier molecular flexibility index (Phi) is 3.47. The molecule has 0 amide bonds. The first kappa shape index (κ1) is 11.0. The predicted octanol–water partition coefficient (Wildman–Crippen LogP) is 2.24. The van der Waals surface area contributed by atoms with E-state index in [4.69, 9.17) is 9.84 Å². The summed E-state index contributed by atoms with van der Waals surface area (Å²) in [6, 6.07) is 3.27. The van der Waals surface area contributed by atoms with Crippen molar-refractivity contribution in [3.63, 3.8) is 0 Å². The molecule has 0 saturated heterocycles. The molecule has 1 N–H and O–H groups in total. The summed E-state index contributed by atoms with van der Waals surface area (Å²) in [7, 11) is 1.54. The smallest absolute Gasteiger partial charge is 0.129 e. The Morgan fingerprint density at radius 2 is 2.14 bits per heavy atom. The van der Waals surface area contributed by atoms with Gasteiger partial charge in [0.25, 0.3) is 0 Å². The minimum atomic E-state index is -0.257. The number of hydrogen-bond donors (Lipinski definition) is 1. The number of methoxy groups -OCH3 is 1. The summed E-state index contributed by atoms with van der Waals surface area (Å²) in [6.45, 7) is 3.40. The lowest BCUT2D eigenvalue weighted by molar-refractivity contribution is 0.270. The molecule has 1 aromatic carbocycles. The number of ether oxygens (including phenoxy) is 1. The van der Waals surface area contributed by atoms with Gasteiger partial charge in [-0.1, -0.05) is 6.92 Å². The maximum Gasteiger partial charge on any atom is 0.129 e. The van der Waals surface area contributed by atoms with E-state index >= 15 is 0 Å². The van der Waals surface area contributed by atoms with Gasteiger partial charge in [0.2, 0.25) is 0 Å². The maximum absolute atomic E-state index is 13.6. The highest BCUT2D eigenvalue weighted by Crippen LogP contribution is 2.26. The summed E-state index contributed by atoms with van der Waals surface area (Å²) < 4.78 is 18.6. The standard InChI is InChI=1S/C11H15FO2/c1-7-4-9(14-3)5-10(11(7)12)8(2)6-13/h4-5,8,13H,6H2,1-3H3. The highest BCUT2D eigenvalue weighted by Gasteiger charge is 2.13. The molecule has 0 aromatic heterocycles. The molecule has 0 saturated carbocycles. The van der Waals surface area contributed by atoms with Crippen molar-refractivity contribution < 1.29 is 14.2 Å². The van der Waals surface area contributed by atoms with Crippen LogP contribution in [0, 0.1) is 12.7 Å². The summed E-state index contributed by atoms with van der Waals surface area (Å²) in [4.78, 5) is 0. The van der Waals surface area contributed by atoms with Crippen LogP contribution in [0.4, 0.5) is 4.39 Å². The van der Waals surface area contributed by atoms with Crippen LogP contribution in [-0.4, -0.2) is 18.8 Å². The molecular formula is C11H15FO2. The van der Waals surface area contributed by atoms with Crippen molar-refractivity contribution in [3.05, 3.63) is 29.1 Å². The highest BCUT2D eigenvalue weighted by atomic mass is 19.1. The van der Waals surface area contributed by atoms with Crippen LogP contribution in [0.5, 0.6) is 5.75 Å². The van der Waals surface area contributed by atoms with E-state index in [1.807, 2.05) is 0 Å². The van der Waals surface area contributed by atoms with Gasteiger partial charge in [-0.2, -0.15) is 0 Å². The second-order valence-electron chi connectivity index (χ2n) is 3.43. The lowest BCUT2D eigenvalue weighted by atomic mass is 9.99. The normalized spacial score (nSPS) is 12.6. The molecule has 0 bridgehead atoms. The van der Waals surface area contributed by atoms with E-state index in [9.17, 15) is 4.39 Å². The van der Waals surface area contributed by atoms with Crippen molar-refractivity contribution in [1.82, 2.24) is 0 Å². The SMILES string of the molecule is COc1cc(C)c(F)c(C(C)CO)c1. The zero-order chi connectivity index (χ0) is 10.7. The van der Waals surface area contributed by atoms with E-state index in [2.05, 4.69) is 0 Å². The number of hydrogen-bond acceptors (Lipinski definition) is 2. The maximum atomic E-state index is 13.6. The molecule has 2 nitrogen and oxygen atoms in total. The Hall–Kier alpha value is -1.09. The lowest BCUT2D eigenvalue weighted by Crippen LogP contribution is -2.04. The quantitative estimate of drug-likeness (QED) is 0.807. The van der Waals surface area contributed by atoms with Crippen molar-refractivity contribution in [2.24, 2.45) is 0 Å². The van der Waals surface area contributed by atoms with Gasteiger partial charge in [0.15, 0.2) is 0 Å². The third kappa shape index (κ3) is 2.04. The molecule has 1 aromatic rings. The second kappa shape index (κ2) is 4.42. The number of aliphatic hydroxyl groups is 1. The largest absolute Gasteiger partial charge is 0.497 e. The van der Waals surface area contributed by atoms with Crippen molar-refractivity contribution in [2.45, 2.75) is 19.8 Å². The molecule has 0 radical (unpaired) electrons. The first-order valence-corrected chi connectivity index (χ1v) is 4.55. The molecule has 0 aliphatic heterocycles. The van der Waals surface area contributed by atoms with Crippen LogP contribution < -0.4 is 4.74 Å². The van der Waals surface area contributed by atoms with Gasteiger partial charge in [-0.25, -0.2) is 4.39 Å². The topological polar surface area (TPSA) is 29.5 Å². The number of halogens is 1. The van der Waals surface area contributed by atoms with E-state index in [0.29, 0.717) is 16.9 Å². The lowest BCUT2D eigenvalue weighted by Gasteiger charge is -2.13. The first-order valence-electron chi connectivity index (χ1n) is 4.55. The highest BCUT2D eigenvalue weighted by molar-refractivity contribution is 5.37. The van der Waals surface area contributed by atoms with Gasteiger partial charge in [-0.3, -0.25) is 0 Å². The molecule has 1 atom stereocenters. The zero-order valence-electron chi connectivity index (χ0n) is 8.67. The van der Waals surface area contributed by atoms with Crippen LogP contribution in [-0.2, 0) is 0 Å². The molecule has 0 aliphatic rings. The first-order chi connectivity index (χ1) is 6.60. The third-order valence-corrected chi connectivity index (χ3v) is 2.30. The molecule has 0 aliphatic carbocycles. The van der Waals surface area contributed by atoms with Gasteiger partial charge in [0, 0.05) is 12.5 Å². The summed E-state index contributed by atoms with van der Waals surface area (Å²) in [5, 5.41) is 8.96. The van der Waals surface area contributed by atoms with Crippen LogP contribution in [0.3, 0.4) is 0 Å². The average molecular weight is 198 g/mol. The number of aryl methyl sites for hydroxylation is 1. The fraction of sp³-hybridized carbons (Fsp3) is 0.455. The minimum absolute atomic E-state index is 0.0659. The van der Waals surface area contributed by atoms with Crippen LogP contribution >= 0.6 is 0 Å². The molecule has 0 spiro atoms. The Balaban J connectivity index is 3.20. The predicted molar refractivity (Wildman–Crippen MR) is 53.2 cm³/mol. The van der Waals surface area contributed by atoms with Gasteiger partial charge in [-0.05, 0) is 30.2 Å². The van der Waals surface area contributed by atoms with Crippen LogP contribution in [0.25, 0.3) is 0 Å². The minimum Gasteiger partial charge on any atom is -0.497 e. The monoisotopic (exact) mass is 198 g/mol. The molecule has 78 valence electrons. The van der Waals surface area contributed by atoms with Gasteiger partial charge in [0.1, 0.15) is 11.6 Å².